The first-order valence-corrected chi connectivity index (χ1v) is 9.69. The topological polar surface area (TPSA) is 75.7 Å². The lowest BCUT2D eigenvalue weighted by atomic mass is 10.00. The SMILES string of the molecule is CCOc1ccc(/C=C2\C(=O)NC(=O)N(c3ccc(Cl)cc3)C2=O)c2ccccc12. The summed E-state index contributed by atoms with van der Waals surface area (Å²) in [6, 6.07) is 16.5. The molecule has 1 N–H and O–H groups in total. The summed E-state index contributed by atoms with van der Waals surface area (Å²) in [5.41, 5.74) is 0.841. The van der Waals surface area contributed by atoms with E-state index < -0.39 is 17.8 Å². The number of carbonyl (C=O) groups is 3. The third-order valence-electron chi connectivity index (χ3n) is 4.70. The summed E-state index contributed by atoms with van der Waals surface area (Å²) >= 11 is 5.89. The van der Waals surface area contributed by atoms with Crippen LogP contribution in [0.5, 0.6) is 5.75 Å². The minimum Gasteiger partial charge on any atom is -0.493 e. The Balaban J connectivity index is 1.80. The van der Waals surface area contributed by atoms with Crippen LogP contribution in [0.1, 0.15) is 12.5 Å². The Kier molecular flexibility index (Phi) is 5.25. The molecule has 0 spiro atoms. The highest BCUT2D eigenvalue weighted by Crippen LogP contribution is 2.31. The Hall–Kier alpha value is -3.64. The van der Waals surface area contributed by atoms with Gasteiger partial charge in [0, 0.05) is 10.4 Å². The number of fused-ring (bicyclic) bond motifs is 1. The molecular weight excluding hydrogens is 404 g/mol. The second-order valence-corrected chi connectivity index (χ2v) is 7.00. The predicted molar refractivity (Wildman–Crippen MR) is 116 cm³/mol. The zero-order valence-electron chi connectivity index (χ0n) is 16.0. The van der Waals surface area contributed by atoms with Crippen molar-refractivity contribution in [3.63, 3.8) is 0 Å². The Morgan fingerprint density at radius 3 is 2.37 bits per heavy atom. The molecule has 3 aromatic rings. The molecule has 1 aliphatic heterocycles. The molecule has 3 aromatic carbocycles. The molecule has 0 bridgehead atoms. The third kappa shape index (κ3) is 3.53. The molecule has 7 heteroatoms. The first-order valence-electron chi connectivity index (χ1n) is 9.31. The summed E-state index contributed by atoms with van der Waals surface area (Å²) in [5.74, 6) is -0.732. The van der Waals surface area contributed by atoms with Crippen LogP contribution >= 0.6 is 11.6 Å². The second kappa shape index (κ2) is 8.00. The van der Waals surface area contributed by atoms with Gasteiger partial charge in [-0.3, -0.25) is 14.9 Å². The standard InChI is InChI=1S/C23H17ClN2O4/c1-2-30-20-12-7-14(17-5-3-4-6-18(17)20)13-19-21(27)25-23(29)26(22(19)28)16-10-8-15(24)9-11-16/h3-13H,2H2,1H3,(H,25,27,29)/b19-13+. The molecule has 1 heterocycles. The number of rotatable bonds is 4. The highest BCUT2D eigenvalue weighted by molar-refractivity contribution is 6.39. The van der Waals surface area contributed by atoms with E-state index in [-0.39, 0.29) is 5.57 Å². The van der Waals surface area contributed by atoms with Crippen LogP contribution in [0, 0.1) is 0 Å². The first-order chi connectivity index (χ1) is 14.5. The van der Waals surface area contributed by atoms with Crippen LogP contribution in [-0.4, -0.2) is 24.5 Å². The van der Waals surface area contributed by atoms with Crippen LogP contribution in [0.25, 0.3) is 16.8 Å². The maximum Gasteiger partial charge on any atom is 0.335 e. The number of hydrogen-bond donors (Lipinski definition) is 1. The van der Waals surface area contributed by atoms with Crippen LogP contribution < -0.4 is 15.0 Å². The number of imide groups is 2. The highest BCUT2D eigenvalue weighted by atomic mass is 35.5. The van der Waals surface area contributed by atoms with E-state index >= 15 is 0 Å². The Labute approximate surface area is 177 Å². The van der Waals surface area contributed by atoms with Crippen molar-refractivity contribution in [2.45, 2.75) is 6.92 Å². The molecule has 0 aliphatic carbocycles. The number of barbiturate groups is 1. The fourth-order valence-electron chi connectivity index (χ4n) is 3.34. The van der Waals surface area contributed by atoms with Gasteiger partial charge in [-0.05, 0) is 54.3 Å². The van der Waals surface area contributed by atoms with Crippen LogP contribution in [0.4, 0.5) is 10.5 Å². The van der Waals surface area contributed by atoms with Gasteiger partial charge in [-0.25, -0.2) is 9.69 Å². The van der Waals surface area contributed by atoms with Crippen molar-refractivity contribution in [1.82, 2.24) is 5.32 Å². The van der Waals surface area contributed by atoms with E-state index in [0.717, 1.165) is 15.7 Å². The Morgan fingerprint density at radius 2 is 1.67 bits per heavy atom. The summed E-state index contributed by atoms with van der Waals surface area (Å²) in [6.45, 7) is 2.42. The molecule has 1 aliphatic rings. The number of hydrogen-bond acceptors (Lipinski definition) is 4. The molecule has 0 atom stereocenters. The van der Waals surface area contributed by atoms with E-state index in [1.807, 2.05) is 31.2 Å². The zero-order chi connectivity index (χ0) is 21.3. The summed E-state index contributed by atoms with van der Waals surface area (Å²) in [7, 11) is 0. The number of urea groups is 1. The van der Waals surface area contributed by atoms with E-state index in [2.05, 4.69) is 5.32 Å². The molecule has 150 valence electrons. The average Bonchev–Trinajstić information content (AvgIpc) is 2.74. The third-order valence-corrected chi connectivity index (χ3v) is 4.96. The van der Waals surface area contributed by atoms with Crippen molar-refractivity contribution in [3.05, 3.63) is 76.8 Å². The van der Waals surface area contributed by atoms with Crippen molar-refractivity contribution < 1.29 is 19.1 Å². The fraction of sp³-hybridized carbons (Fsp3) is 0.0870. The lowest BCUT2D eigenvalue weighted by Gasteiger charge is -2.26. The van der Waals surface area contributed by atoms with Gasteiger partial charge in [-0.1, -0.05) is 41.9 Å². The van der Waals surface area contributed by atoms with E-state index in [4.69, 9.17) is 16.3 Å². The number of nitrogens with one attached hydrogen (secondary N) is 1. The lowest BCUT2D eigenvalue weighted by molar-refractivity contribution is -0.122. The highest BCUT2D eigenvalue weighted by Gasteiger charge is 2.36. The molecule has 1 saturated heterocycles. The van der Waals surface area contributed by atoms with Gasteiger partial charge >= 0.3 is 6.03 Å². The minimum atomic E-state index is -0.805. The smallest absolute Gasteiger partial charge is 0.335 e. The summed E-state index contributed by atoms with van der Waals surface area (Å²) in [4.78, 5) is 38.8. The molecule has 4 amide bonds. The largest absolute Gasteiger partial charge is 0.493 e. The monoisotopic (exact) mass is 420 g/mol. The average molecular weight is 421 g/mol. The fourth-order valence-corrected chi connectivity index (χ4v) is 3.47. The van der Waals surface area contributed by atoms with Crippen LogP contribution in [-0.2, 0) is 9.59 Å². The number of carbonyl (C=O) groups excluding carboxylic acids is 3. The van der Waals surface area contributed by atoms with Gasteiger partial charge in [0.15, 0.2) is 0 Å². The molecule has 30 heavy (non-hydrogen) atoms. The summed E-state index contributed by atoms with van der Waals surface area (Å²) in [6.07, 6.45) is 1.49. The van der Waals surface area contributed by atoms with E-state index in [1.54, 1.807) is 36.4 Å². The molecule has 0 aromatic heterocycles. The maximum atomic E-state index is 13.1. The number of amides is 4. The molecule has 0 radical (unpaired) electrons. The minimum absolute atomic E-state index is 0.140. The number of anilines is 1. The molecule has 1 fully saturated rings. The van der Waals surface area contributed by atoms with Crippen molar-refractivity contribution in [2.24, 2.45) is 0 Å². The van der Waals surface area contributed by atoms with Gasteiger partial charge in [0.1, 0.15) is 11.3 Å². The zero-order valence-corrected chi connectivity index (χ0v) is 16.8. The summed E-state index contributed by atoms with van der Waals surface area (Å²) < 4.78 is 5.67. The van der Waals surface area contributed by atoms with Crippen molar-refractivity contribution in [2.75, 3.05) is 11.5 Å². The number of nitrogens with zero attached hydrogens (tertiary/aromatic N) is 1. The van der Waals surface area contributed by atoms with Crippen molar-refractivity contribution in [3.8, 4) is 5.75 Å². The molecule has 0 saturated carbocycles. The molecule has 4 rings (SSSR count). The van der Waals surface area contributed by atoms with Gasteiger partial charge in [-0.15, -0.1) is 0 Å². The van der Waals surface area contributed by atoms with E-state index in [9.17, 15) is 14.4 Å². The number of halogens is 1. The number of benzene rings is 3. The van der Waals surface area contributed by atoms with Gasteiger partial charge in [0.2, 0.25) is 0 Å². The first kappa shape index (κ1) is 19.7. The maximum absolute atomic E-state index is 13.1. The van der Waals surface area contributed by atoms with Crippen LogP contribution in [0.15, 0.2) is 66.2 Å². The van der Waals surface area contributed by atoms with Gasteiger partial charge in [0.05, 0.1) is 12.3 Å². The Morgan fingerprint density at radius 1 is 0.967 bits per heavy atom. The van der Waals surface area contributed by atoms with Crippen molar-refractivity contribution >= 4 is 52.0 Å². The predicted octanol–water partition coefficient (Wildman–Crippen LogP) is 4.56. The summed E-state index contributed by atoms with van der Waals surface area (Å²) in [5, 5.41) is 4.38. The quantitative estimate of drug-likeness (QED) is 0.496. The number of ether oxygens (including phenoxy) is 1. The second-order valence-electron chi connectivity index (χ2n) is 6.57. The lowest BCUT2D eigenvalue weighted by Crippen LogP contribution is -2.54. The van der Waals surface area contributed by atoms with Gasteiger partial charge in [0.25, 0.3) is 11.8 Å². The van der Waals surface area contributed by atoms with Crippen LogP contribution in [0.3, 0.4) is 0 Å². The van der Waals surface area contributed by atoms with E-state index in [1.165, 1.54) is 6.08 Å². The Bertz CT molecular complexity index is 1200. The molecule has 0 unspecified atom stereocenters. The van der Waals surface area contributed by atoms with Gasteiger partial charge < -0.3 is 4.74 Å². The normalized spacial score (nSPS) is 15.6. The molecule has 6 nitrogen and oxygen atoms in total. The molecular formula is C23H17ClN2O4. The van der Waals surface area contributed by atoms with Crippen LogP contribution in [0.2, 0.25) is 5.02 Å². The van der Waals surface area contributed by atoms with E-state index in [0.29, 0.717) is 28.6 Å². The van der Waals surface area contributed by atoms with Crippen molar-refractivity contribution in [1.29, 1.82) is 0 Å². The van der Waals surface area contributed by atoms with Gasteiger partial charge in [-0.2, -0.15) is 0 Å².